The highest BCUT2D eigenvalue weighted by atomic mass is 19.1. The molecule has 3 N–H and O–H groups in total. The fourth-order valence-electron chi connectivity index (χ4n) is 3.79. The van der Waals surface area contributed by atoms with Crippen molar-refractivity contribution >= 4 is 23.4 Å². The molecule has 170 valence electrons. The zero-order valence-corrected chi connectivity index (χ0v) is 17.0. The second-order valence-electron chi connectivity index (χ2n) is 7.87. The average Bonchev–Trinajstić information content (AvgIpc) is 2.75. The Bertz CT molecular complexity index is 1080. The third-order valence-corrected chi connectivity index (χ3v) is 5.46. The van der Waals surface area contributed by atoms with Crippen molar-refractivity contribution in [3.05, 3.63) is 53.1 Å². The van der Waals surface area contributed by atoms with Crippen molar-refractivity contribution in [2.24, 2.45) is 0 Å². The molecule has 2 aromatic rings. The van der Waals surface area contributed by atoms with Gasteiger partial charge in [-0.1, -0.05) is 6.07 Å². The molecule has 32 heavy (non-hydrogen) atoms. The number of fused-ring (bicyclic) bond motifs is 2. The first-order valence-corrected chi connectivity index (χ1v) is 9.76. The van der Waals surface area contributed by atoms with Gasteiger partial charge in [0.1, 0.15) is 19.2 Å². The van der Waals surface area contributed by atoms with E-state index in [2.05, 4.69) is 16.0 Å². The summed E-state index contributed by atoms with van der Waals surface area (Å²) in [7, 11) is 1.64. The number of rotatable bonds is 4. The van der Waals surface area contributed by atoms with Gasteiger partial charge in [0.05, 0.1) is 6.04 Å². The second kappa shape index (κ2) is 8.21. The maximum atomic E-state index is 14.2. The molecule has 0 unspecified atom stereocenters. The van der Waals surface area contributed by atoms with Gasteiger partial charge in [-0.3, -0.25) is 0 Å². The normalized spacial score (nSPS) is 18.7. The zero-order valence-electron chi connectivity index (χ0n) is 17.0. The van der Waals surface area contributed by atoms with Gasteiger partial charge in [0.25, 0.3) is 0 Å². The van der Waals surface area contributed by atoms with Crippen LogP contribution in [0.3, 0.4) is 0 Å². The number of halogens is 4. The highest BCUT2D eigenvalue weighted by Crippen LogP contribution is 2.42. The van der Waals surface area contributed by atoms with Crippen LogP contribution in [0.5, 0.6) is 5.75 Å². The van der Waals surface area contributed by atoms with Gasteiger partial charge in [0, 0.05) is 43.0 Å². The molecule has 4 rings (SSSR count). The van der Waals surface area contributed by atoms with Gasteiger partial charge in [-0.15, -0.1) is 0 Å². The van der Waals surface area contributed by atoms with Crippen molar-refractivity contribution in [3.8, 4) is 5.75 Å². The summed E-state index contributed by atoms with van der Waals surface area (Å²) < 4.78 is 60.4. The molecule has 0 saturated heterocycles. The first-order chi connectivity index (χ1) is 15.2. The molecule has 7 nitrogen and oxygen atoms in total. The topological polar surface area (TPSA) is 82.7 Å². The van der Waals surface area contributed by atoms with E-state index in [1.54, 1.807) is 25.2 Å². The summed E-state index contributed by atoms with van der Waals surface area (Å²) in [4.78, 5) is 25.9. The number of ether oxygens (including phenoxy) is 1. The number of hydrogen-bond donors (Lipinski definition) is 3. The SMILES string of the molecule is CN1Cc2ccc(NC(=O)N[C@@H]3CC(CF)(CF)Oc4c(F)cc(F)cc43)cc2NC1=O. The van der Waals surface area contributed by atoms with E-state index >= 15 is 0 Å². The minimum atomic E-state index is -1.99. The molecule has 0 fully saturated rings. The van der Waals surface area contributed by atoms with Crippen LogP contribution in [0.2, 0.25) is 0 Å². The van der Waals surface area contributed by atoms with Crippen molar-refractivity contribution in [1.29, 1.82) is 0 Å². The number of amides is 4. The van der Waals surface area contributed by atoms with Gasteiger partial charge in [-0.05, 0) is 23.8 Å². The molecule has 1 atom stereocenters. The van der Waals surface area contributed by atoms with E-state index in [1.165, 1.54) is 4.90 Å². The van der Waals surface area contributed by atoms with Gasteiger partial charge >= 0.3 is 12.1 Å². The standard InChI is InChI=1S/C21H20F4N4O3/c1-29-8-11-2-3-13(6-16(11)28-20(29)31)26-19(30)27-17-7-21(9-22,10-23)32-18-14(17)4-12(24)5-15(18)25/h2-6,17H,7-10H2,1H3,(H,28,31)(H2,26,27,30)/t17-/m1/s1. The molecular weight excluding hydrogens is 432 g/mol. The molecule has 4 amide bonds. The summed E-state index contributed by atoms with van der Waals surface area (Å²) in [5.41, 5.74) is -0.341. The van der Waals surface area contributed by atoms with E-state index in [0.29, 0.717) is 24.0 Å². The Morgan fingerprint density at radius 2 is 2.00 bits per heavy atom. The van der Waals surface area contributed by atoms with E-state index in [4.69, 9.17) is 4.74 Å². The molecular formula is C21H20F4N4O3. The van der Waals surface area contributed by atoms with Crippen LogP contribution in [-0.2, 0) is 6.54 Å². The lowest BCUT2D eigenvalue weighted by Crippen LogP contribution is -2.49. The van der Waals surface area contributed by atoms with Gasteiger partial charge in [0.2, 0.25) is 0 Å². The lowest BCUT2D eigenvalue weighted by molar-refractivity contribution is -0.0139. The van der Waals surface area contributed by atoms with E-state index in [1.807, 2.05) is 0 Å². The van der Waals surface area contributed by atoms with Gasteiger partial charge < -0.3 is 25.6 Å². The Balaban J connectivity index is 1.55. The van der Waals surface area contributed by atoms with Gasteiger partial charge in [-0.2, -0.15) is 0 Å². The summed E-state index contributed by atoms with van der Waals surface area (Å²) in [6.07, 6.45) is -0.365. The summed E-state index contributed by atoms with van der Waals surface area (Å²) >= 11 is 0. The predicted octanol–water partition coefficient (Wildman–Crippen LogP) is 4.27. The van der Waals surface area contributed by atoms with Crippen LogP contribution in [-0.4, -0.2) is 43.0 Å². The first kappa shape index (κ1) is 21.7. The van der Waals surface area contributed by atoms with Crippen molar-refractivity contribution in [3.63, 3.8) is 0 Å². The molecule has 0 bridgehead atoms. The number of alkyl halides is 2. The molecule has 2 heterocycles. The summed E-state index contributed by atoms with van der Waals surface area (Å²) in [6.45, 7) is -2.13. The fraction of sp³-hybridized carbons (Fsp3) is 0.333. The number of benzene rings is 2. The number of nitrogens with one attached hydrogen (secondary N) is 3. The van der Waals surface area contributed by atoms with Gasteiger partial charge in [-0.25, -0.2) is 27.2 Å². The molecule has 2 aromatic carbocycles. The number of carbonyl (C=O) groups is 2. The predicted molar refractivity (Wildman–Crippen MR) is 108 cm³/mol. The maximum absolute atomic E-state index is 14.2. The van der Waals surface area contributed by atoms with Crippen molar-refractivity contribution in [2.75, 3.05) is 31.0 Å². The number of anilines is 2. The number of urea groups is 2. The molecule has 2 aliphatic rings. The molecule has 0 aliphatic carbocycles. The van der Waals surface area contributed by atoms with Crippen LogP contribution < -0.4 is 20.7 Å². The maximum Gasteiger partial charge on any atom is 0.321 e. The van der Waals surface area contributed by atoms with E-state index in [9.17, 15) is 27.2 Å². The van der Waals surface area contributed by atoms with E-state index < -0.39 is 48.4 Å². The number of nitrogens with zero attached hydrogens (tertiary/aromatic N) is 1. The minimum absolute atomic E-state index is 0.0593. The average molecular weight is 452 g/mol. The Labute approximate surface area is 180 Å². The molecule has 2 aliphatic heterocycles. The smallest absolute Gasteiger partial charge is 0.321 e. The number of hydrogen-bond acceptors (Lipinski definition) is 3. The van der Waals surface area contributed by atoms with Crippen LogP contribution in [0.25, 0.3) is 0 Å². The Morgan fingerprint density at radius 3 is 2.72 bits per heavy atom. The first-order valence-electron chi connectivity index (χ1n) is 9.76. The second-order valence-corrected chi connectivity index (χ2v) is 7.87. The lowest BCUT2D eigenvalue weighted by atomic mass is 9.88. The Hall–Kier alpha value is -3.50. The molecule has 11 heteroatoms. The summed E-state index contributed by atoms with van der Waals surface area (Å²) in [5.74, 6) is -2.53. The molecule has 0 spiro atoms. The molecule has 0 radical (unpaired) electrons. The van der Waals surface area contributed by atoms with E-state index in [0.717, 1.165) is 11.6 Å². The molecule has 0 saturated carbocycles. The third-order valence-electron chi connectivity index (χ3n) is 5.46. The number of carbonyl (C=O) groups excluding carboxylic acids is 2. The summed E-state index contributed by atoms with van der Waals surface area (Å²) in [5, 5.41) is 7.75. The van der Waals surface area contributed by atoms with Crippen LogP contribution in [0, 0.1) is 11.6 Å². The lowest BCUT2D eigenvalue weighted by Gasteiger charge is -2.39. The fourth-order valence-corrected chi connectivity index (χ4v) is 3.79. The van der Waals surface area contributed by atoms with Crippen LogP contribution >= 0.6 is 0 Å². The quantitative estimate of drug-likeness (QED) is 0.606. The largest absolute Gasteiger partial charge is 0.478 e. The van der Waals surface area contributed by atoms with Crippen LogP contribution in [0.15, 0.2) is 30.3 Å². The Morgan fingerprint density at radius 1 is 1.25 bits per heavy atom. The Kier molecular flexibility index (Phi) is 5.57. The van der Waals surface area contributed by atoms with Gasteiger partial charge in [0.15, 0.2) is 17.2 Å². The van der Waals surface area contributed by atoms with Crippen molar-refractivity contribution in [1.82, 2.24) is 10.2 Å². The molecule has 0 aromatic heterocycles. The third kappa shape index (κ3) is 4.02. The van der Waals surface area contributed by atoms with E-state index in [-0.39, 0.29) is 18.0 Å². The monoisotopic (exact) mass is 452 g/mol. The van der Waals surface area contributed by atoms with Crippen LogP contribution in [0.1, 0.15) is 23.6 Å². The minimum Gasteiger partial charge on any atom is -0.478 e. The summed E-state index contributed by atoms with van der Waals surface area (Å²) in [6, 6.07) is 4.23. The van der Waals surface area contributed by atoms with Crippen molar-refractivity contribution in [2.45, 2.75) is 24.6 Å². The highest BCUT2D eigenvalue weighted by molar-refractivity contribution is 5.95. The van der Waals surface area contributed by atoms with Crippen molar-refractivity contribution < 1.29 is 31.9 Å². The highest BCUT2D eigenvalue weighted by Gasteiger charge is 2.44. The van der Waals surface area contributed by atoms with Crippen LogP contribution in [0.4, 0.5) is 38.5 Å². The zero-order chi connectivity index (χ0) is 23.0.